The zero-order valence-electron chi connectivity index (χ0n) is 16.5. The van der Waals surface area contributed by atoms with E-state index in [0.29, 0.717) is 0 Å². The Bertz CT molecular complexity index is 967. The predicted molar refractivity (Wildman–Crippen MR) is 115 cm³/mol. The summed E-state index contributed by atoms with van der Waals surface area (Å²) in [6.07, 6.45) is 4.71. The van der Waals surface area contributed by atoms with Crippen molar-refractivity contribution in [2.45, 2.75) is 39.3 Å². The lowest BCUT2D eigenvalue weighted by Gasteiger charge is -2.27. The van der Waals surface area contributed by atoms with Crippen molar-refractivity contribution in [3.8, 4) is 5.82 Å². The molecule has 3 aromatic heterocycles. The van der Waals surface area contributed by atoms with Crippen LogP contribution in [0.15, 0.2) is 54.9 Å². The molecule has 4 heterocycles. The van der Waals surface area contributed by atoms with Crippen LogP contribution in [-0.2, 0) is 0 Å². The third kappa shape index (κ3) is 3.18. The molecule has 1 saturated heterocycles. The van der Waals surface area contributed by atoms with Crippen LogP contribution in [0.3, 0.4) is 0 Å². The number of rotatable bonds is 5. The number of hydrogen-bond acceptors (Lipinski definition) is 3. The van der Waals surface area contributed by atoms with Crippen molar-refractivity contribution in [1.29, 1.82) is 0 Å². The van der Waals surface area contributed by atoms with Gasteiger partial charge in [-0.15, -0.1) is 0 Å². The first-order chi connectivity index (χ1) is 13.6. The maximum atomic E-state index is 5.70. The molecule has 144 valence electrons. The maximum absolute atomic E-state index is 5.70. The van der Waals surface area contributed by atoms with Crippen molar-refractivity contribution >= 4 is 17.3 Å². The van der Waals surface area contributed by atoms with Gasteiger partial charge in [0.05, 0.1) is 17.8 Å². The minimum absolute atomic E-state index is 0.0259. The summed E-state index contributed by atoms with van der Waals surface area (Å²) in [7, 11) is 0. The summed E-state index contributed by atoms with van der Waals surface area (Å²) >= 11 is 5.70. The SMILES string of the molecule is CCCN1C(=S)N[C@H](c2ccccn2)[C@H]1c1cc(C)n(-c2ccccn2)c1C. The van der Waals surface area contributed by atoms with Crippen LogP contribution >= 0.6 is 12.2 Å². The van der Waals surface area contributed by atoms with E-state index in [1.54, 1.807) is 0 Å². The molecule has 5 nitrogen and oxygen atoms in total. The normalized spacial score (nSPS) is 19.1. The van der Waals surface area contributed by atoms with Crippen molar-refractivity contribution in [1.82, 2.24) is 24.8 Å². The second kappa shape index (κ2) is 7.72. The quantitative estimate of drug-likeness (QED) is 0.658. The highest BCUT2D eigenvalue weighted by atomic mass is 32.1. The highest BCUT2D eigenvalue weighted by molar-refractivity contribution is 7.80. The Hall–Kier alpha value is -2.73. The van der Waals surface area contributed by atoms with Crippen LogP contribution in [-0.4, -0.2) is 31.1 Å². The van der Waals surface area contributed by atoms with Crippen molar-refractivity contribution in [2.75, 3.05) is 6.54 Å². The molecule has 0 bridgehead atoms. The average Bonchev–Trinajstić information content (AvgIpc) is 3.19. The minimum atomic E-state index is 0.0259. The molecule has 1 aliphatic heterocycles. The molecule has 0 saturated carbocycles. The van der Waals surface area contributed by atoms with Gasteiger partial charge in [0.2, 0.25) is 0 Å². The molecule has 0 amide bonds. The average molecular weight is 392 g/mol. The molecule has 1 aliphatic rings. The van der Waals surface area contributed by atoms with Crippen LogP contribution in [0.5, 0.6) is 0 Å². The van der Waals surface area contributed by atoms with Gasteiger partial charge in [-0.05, 0) is 68.4 Å². The van der Waals surface area contributed by atoms with Gasteiger partial charge in [0.25, 0.3) is 0 Å². The van der Waals surface area contributed by atoms with E-state index in [0.717, 1.165) is 29.6 Å². The molecule has 0 unspecified atom stereocenters. The van der Waals surface area contributed by atoms with E-state index in [4.69, 9.17) is 12.2 Å². The first-order valence-electron chi connectivity index (χ1n) is 9.70. The van der Waals surface area contributed by atoms with Gasteiger partial charge in [-0.2, -0.15) is 0 Å². The first-order valence-corrected chi connectivity index (χ1v) is 10.1. The van der Waals surface area contributed by atoms with Crippen molar-refractivity contribution in [2.24, 2.45) is 0 Å². The number of pyridine rings is 2. The third-order valence-electron chi connectivity index (χ3n) is 5.33. The van der Waals surface area contributed by atoms with Gasteiger partial charge in [0, 0.05) is 30.3 Å². The van der Waals surface area contributed by atoms with Crippen LogP contribution in [0, 0.1) is 13.8 Å². The Balaban J connectivity index is 1.83. The van der Waals surface area contributed by atoms with Crippen molar-refractivity contribution in [3.05, 3.63) is 77.5 Å². The standard InChI is InChI=1S/C22H25N5S/c1-4-13-26-21(20(25-22(26)28)18-9-5-7-11-23-18)17-14-15(2)27(16(17)3)19-10-6-8-12-24-19/h5-12,14,20-21H,4,13H2,1-3H3,(H,25,28)/t20-,21-/m1/s1. The number of hydrogen-bond donors (Lipinski definition) is 1. The Morgan fingerprint density at radius 3 is 2.46 bits per heavy atom. The Morgan fingerprint density at radius 2 is 1.82 bits per heavy atom. The Labute approximate surface area is 171 Å². The van der Waals surface area contributed by atoms with Crippen LogP contribution < -0.4 is 5.32 Å². The van der Waals surface area contributed by atoms with Gasteiger partial charge in [-0.25, -0.2) is 4.98 Å². The largest absolute Gasteiger partial charge is 0.352 e. The van der Waals surface area contributed by atoms with Crippen LogP contribution in [0.25, 0.3) is 5.82 Å². The predicted octanol–water partition coefficient (Wildman–Crippen LogP) is 4.27. The van der Waals surface area contributed by atoms with Gasteiger partial charge in [0.15, 0.2) is 5.11 Å². The van der Waals surface area contributed by atoms with Gasteiger partial charge in [-0.3, -0.25) is 4.98 Å². The molecule has 0 spiro atoms. The Kier molecular flexibility index (Phi) is 5.13. The first kappa shape index (κ1) is 18.6. The number of aromatic nitrogens is 3. The summed E-state index contributed by atoms with van der Waals surface area (Å²) in [4.78, 5) is 11.5. The smallest absolute Gasteiger partial charge is 0.170 e. The summed E-state index contributed by atoms with van der Waals surface area (Å²) < 4.78 is 2.22. The summed E-state index contributed by atoms with van der Waals surface area (Å²) in [5.41, 5.74) is 4.63. The lowest BCUT2D eigenvalue weighted by atomic mass is 9.96. The van der Waals surface area contributed by atoms with Crippen LogP contribution in [0.2, 0.25) is 0 Å². The zero-order valence-corrected chi connectivity index (χ0v) is 17.3. The topological polar surface area (TPSA) is 46.0 Å². The third-order valence-corrected chi connectivity index (χ3v) is 5.68. The number of nitrogens with one attached hydrogen (secondary N) is 1. The molecule has 0 aromatic carbocycles. The highest BCUT2D eigenvalue weighted by Gasteiger charge is 2.40. The second-order valence-corrected chi connectivity index (χ2v) is 7.56. The number of nitrogens with zero attached hydrogens (tertiary/aromatic N) is 4. The fourth-order valence-corrected chi connectivity index (χ4v) is 4.48. The molecule has 1 N–H and O–H groups in total. The Morgan fingerprint density at radius 1 is 1.07 bits per heavy atom. The van der Waals surface area contributed by atoms with Crippen LogP contribution in [0.4, 0.5) is 0 Å². The van der Waals surface area contributed by atoms with Gasteiger partial charge in [0.1, 0.15) is 5.82 Å². The summed E-state index contributed by atoms with van der Waals surface area (Å²) in [5.74, 6) is 0.939. The van der Waals surface area contributed by atoms with E-state index in [1.165, 1.54) is 17.0 Å². The van der Waals surface area contributed by atoms with Crippen molar-refractivity contribution < 1.29 is 0 Å². The second-order valence-electron chi connectivity index (χ2n) is 7.17. The minimum Gasteiger partial charge on any atom is -0.352 e. The number of aryl methyl sites for hydroxylation is 1. The molecule has 0 aliphatic carbocycles. The van der Waals surface area contributed by atoms with E-state index in [2.05, 4.69) is 57.7 Å². The van der Waals surface area contributed by atoms with E-state index in [1.807, 2.05) is 42.7 Å². The number of thiocarbonyl (C=S) groups is 1. The summed E-state index contributed by atoms with van der Waals surface area (Å²) in [5, 5.41) is 4.32. The molecule has 0 radical (unpaired) electrons. The van der Waals surface area contributed by atoms with E-state index in [9.17, 15) is 0 Å². The van der Waals surface area contributed by atoms with Gasteiger partial charge >= 0.3 is 0 Å². The van der Waals surface area contributed by atoms with E-state index in [-0.39, 0.29) is 12.1 Å². The lowest BCUT2D eigenvalue weighted by Crippen LogP contribution is -2.30. The molecular formula is C22H25N5S. The van der Waals surface area contributed by atoms with Gasteiger partial charge < -0.3 is 14.8 Å². The maximum Gasteiger partial charge on any atom is 0.170 e. The van der Waals surface area contributed by atoms with Crippen LogP contribution in [0.1, 0.15) is 48.1 Å². The van der Waals surface area contributed by atoms with E-state index >= 15 is 0 Å². The molecule has 1 fully saturated rings. The molecule has 28 heavy (non-hydrogen) atoms. The highest BCUT2D eigenvalue weighted by Crippen LogP contribution is 2.41. The monoisotopic (exact) mass is 391 g/mol. The molecule has 4 rings (SSSR count). The molecule has 3 aromatic rings. The van der Waals surface area contributed by atoms with Crippen molar-refractivity contribution in [3.63, 3.8) is 0 Å². The fraction of sp³-hybridized carbons (Fsp3) is 0.318. The summed E-state index contributed by atoms with van der Waals surface area (Å²) in [6, 6.07) is 14.5. The summed E-state index contributed by atoms with van der Waals surface area (Å²) in [6.45, 7) is 7.39. The van der Waals surface area contributed by atoms with Gasteiger partial charge in [-0.1, -0.05) is 19.1 Å². The lowest BCUT2D eigenvalue weighted by molar-refractivity contribution is 0.316. The molecule has 6 heteroatoms. The molecule has 2 atom stereocenters. The zero-order chi connectivity index (χ0) is 19.7. The fourth-order valence-electron chi connectivity index (χ4n) is 4.15. The van der Waals surface area contributed by atoms with E-state index < -0.39 is 0 Å². The molecular weight excluding hydrogens is 366 g/mol.